The number of halogens is 3. The van der Waals surface area contributed by atoms with Crippen molar-refractivity contribution in [1.82, 2.24) is 5.32 Å². The van der Waals surface area contributed by atoms with Crippen LogP contribution in [0.3, 0.4) is 0 Å². The van der Waals surface area contributed by atoms with Gasteiger partial charge in [0.05, 0.1) is 6.54 Å². The fourth-order valence-corrected chi connectivity index (χ4v) is 1.97. The number of hydrogen-bond acceptors (Lipinski definition) is 3. The molecule has 2 N–H and O–H groups in total. The maximum Gasteiger partial charge on any atom is 0.397 e. The minimum absolute atomic E-state index is 0.0134. The van der Waals surface area contributed by atoms with Crippen LogP contribution in [0.15, 0.2) is 17.5 Å². The zero-order valence-corrected chi connectivity index (χ0v) is 10.3. The number of nitrogens with one attached hydrogen (secondary N) is 1. The third-order valence-corrected chi connectivity index (χ3v) is 2.87. The molecule has 0 saturated carbocycles. The van der Waals surface area contributed by atoms with E-state index in [1.165, 1.54) is 17.4 Å². The molecule has 0 radical (unpaired) electrons. The third kappa shape index (κ3) is 6.61. The summed E-state index contributed by atoms with van der Waals surface area (Å²) in [7, 11) is 0. The van der Waals surface area contributed by atoms with Crippen molar-refractivity contribution in [3.8, 4) is 0 Å². The lowest BCUT2D eigenvalue weighted by Gasteiger charge is -2.06. The summed E-state index contributed by atoms with van der Waals surface area (Å²) in [6.07, 6.45) is -3.72. The van der Waals surface area contributed by atoms with E-state index in [0.29, 0.717) is 10.4 Å². The van der Waals surface area contributed by atoms with Crippen LogP contribution in [0.4, 0.5) is 13.2 Å². The van der Waals surface area contributed by atoms with Crippen LogP contribution >= 0.6 is 11.3 Å². The summed E-state index contributed by atoms with van der Waals surface area (Å²) in [5.74, 6) is -2.19. The third-order valence-electron chi connectivity index (χ3n) is 1.91. The molecule has 0 bridgehead atoms. The molecule has 0 aromatic carbocycles. The van der Waals surface area contributed by atoms with E-state index in [9.17, 15) is 22.8 Å². The summed E-state index contributed by atoms with van der Waals surface area (Å²) in [5, 5.41) is 12.2. The van der Waals surface area contributed by atoms with Gasteiger partial charge in [0, 0.05) is 11.0 Å². The second kappa shape index (κ2) is 6.37. The van der Waals surface area contributed by atoms with E-state index in [2.05, 4.69) is 5.32 Å². The molecule has 0 aliphatic heterocycles. The van der Waals surface area contributed by atoms with Gasteiger partial charge in [0.1, 0.15) is 6.42 Å². The number of carbonyl (C=O) groups is 2. The van der Waals surface area contributed by atoms with Gasteiger partial charge in [0.2, 0.25) is 5.91 Å². The van der Waals surface area contributed by atoms with Crippen molar-refractivity contribution in [2.24, 2.45) is 0 Å². The Kier molecular flexibility index (Phi) is 5.11. The largest absolute Gasteiger partial charge is 0.478 e. The average molecular weight is 293 g/mol. The number of hydrogen-bond donors (Lipinski definition) is 2. The highest BCUT2D eigenvalue weighted by molar-refractivity contribution is 7.10. The summed E-state index contributed by atoms with van der Waals surface area (Å²) in [4.78, 5) is 21.9. The lowest BCUT2D eigenvalue weighted by Crippen LogP contribution is -2.27. The van der Waals surface area contributed by atoms with Gasteiger partial charge in [-0.3, -0.25) is 4.79 Å². The van der Waals surface area contributed by atoms with E-state index >= 15 is 0 Å². The van der Waals surface area contributed by atoms with Gasteiger partial charge in [-0.15, -0.1) is 11.3 Å². The molecular weight excluding hydrogens is 283 g/mol. The average Bonchev–Trinajstić information content (AvgIpc) is 2.69. The SMILES string of the molecule is O=C(O)C=Cc1csc(CNC(=O)CC(F)(F)F)c1. The van der Waals surface area contributed by atoms with Gasteiger partial charge >= 0.3 is 12.1 Å². The number of carboxylic acid groups (broad SMARTS) is 1. The Morgan fingerprint density at radius 2 is 2.11 bits per heavy atom. The van der Waals surface area contributed by atoms with Gasteiger partial charge < -0.3 is 10.4 Å². The molecule has 1 aromatic rings. The van der Waals surface area contributed by atoms with Crippen LogP contribution in [0, 0.1) is 0 Å². The van der Waals surface area contributed by atoms with Crippen molar-refractivity contribution in [3.05, 3.63) is 28.0 Å². The zero-order valence-electron chi connectivity index (χ0n) is 9.53. The molecule has 4 nitrogen and oxygen atoms in total. The Bertz CT molecular complexity index is 494. The van der Waals surface area contributed by atoms with Gasteiger partial charge in [0.15, 0.2) is 0 Å². The Labute approximate surface area is 110 Å². The second-order valence-corrected chi connectivity index (χ2v) is 4.58. The molecule has 104 valence electrons. The smallest absolute Gasteiger partial charge is 0.397 e. The van der Waals surface area contributed by atoms with Gasteiger partial charge in [-0.2, -0.15) is 13.2 Å². The molecule has 0 saturated heterocycles. The zero-order chi connectivity index (χ0) is 14.5. The first-order chi connectivity index (χ1) is 8.76. The molecule has 0 spiro atoms. The van der Waals surface area contributed by atoms with Crippen molar-refractivity contribution >= 4 is 29.3 Å². The quantitative estimate of drug-likeness (QED) is 0.819. The highest BCUT2D eigenvalue weighted by Crippen LogP contribution is 2.20. The van der Waals surface area contributed by atoms with E-state index in [-0.39, 0.29) is 6.54 Å². The first-order valence-electron chi connectivity index (χ1n) is 5.08. The molecule has 0 atom stereocenters. The maximum atomic E-state index is 11.9. The normalized spacial score (nSPS) is 11.7. The molecule has 1 aromatic heterocycles. The minimum Gasteiger partial charge on any atom is -0.478 e. The minimum atomic E-state index is -4.52. The molecule has 19 heavy (non-hydrogen) atoms. The van der Waals surface area contributed by atoms with Crippen LogP contribution in [0.1, 0.15) is 16.9 Å². The summed E-state index contributed by atoms with van der Waals surface area (Å²) in [6, 6.07) is 1.60. The van der Waals surface area contributed by atoms with Crippen molar-refractivity contribution in [3.63, 3.8) is 0 Å². The van der Waals surface area contributed by atoms with Crippen LogP contribution in [0.25, 0.3) is 6.08 Å². The van der Waals surface area contributed by atoms with Crippen molar-refractivity contribution in [2.45, 2.75) is 19.1 Å². The molecule has 0 fully saturated rings. The highest BCUT2D eigenvalue weighted by Gasteiger charge is 2.30. The first kappa shape index (κ1) is 15.2. The summed E-state index contributed by atoms with van der Waals surface area (Å²) < 4.78 is 35.7. The predicted molar refractivity (Wildman–Crippen MR) is 63.5 cm³/mol. The fourth-order valence-electron chi connectivity index (χ4n) is 1.18. The molecule has 0 aliphatic carbocycles. The number of carbonyl (C=O) groups excluding carboxylic acids is 1. The Morgan fingerprint density at radius 1 is 1.42 bits per heavy atom. The second-order valence-electron chi connectivity index (χ2n) is 3.59. The van der Waals surface area contributed by atoms with Gasteiger partial charge in [-0.25, -0.2) is 4.79 Å². The fraction of sp³-hybridized carbons (Fsp3) is 0.273. The number of amides is 1. The molecule has 8 heteroatoms. The number of alkyl halides is 3. The molecule has 0 unspecified atom stereocenters. The molecule has 1 heterocycles. The summed E-state index contributed by atoms with van der Waals surface area (Å²) in [5.41, 5.74) is 0.618. The van der Waals surface area contributed by atoms with E-state index in [4.69, 9.17) is 5.11 Å². The predicted octanol–water partition coefficient (Wildman–Crippen LogP) is 2.41. The van der Waals surface area contributed by atoms with Crippen molar-refractivity contribution < 1.29 is 27.9 Å². The number of aliphatic carboxylic acids is 1. The van der Waals surface area contributed by atoms with E-state index in [1.54, 1.807) is 11.4 Å². The van der Waals surface area contributed by atoms with Crippen LogP contribution in [0.5, 0.6) is 0 Å². The van der Waals surface area contributed by atoms with E-state index < -0.39 is 24.5 Å². The van der Waals surface area contributed by atoms with Crippen molar-refractivity contribution in [2.75, 3.05) is 0 Å². The number of thiophene rings is 1. The van der Waals surface area contributed by atoms with Crippen LogP contribution < -0.4 is 5.32 Å². The van der Waals surface area contributed by atoms with Crippen LogP contribution in [-0.4, -0.2) is 23.2 Å². The number of rotatable bonds is 5. The molecule has 0 aliphatic rings. The van der Waals surface area contributed by atoms with Crippen molar-refractivity contribution in [1.29, 1.82) is 0 Å². The number of carboxylic acids is 1. The van der Waals surface area contributed by atoms with E-state index in [0.717, 1.165) is 6.08 Å². The monoisotopic (exact) mass is 293 g/mol. The maximum absolute atomic E-state index is 11.9. The lowest BCUT2D eigenvalue weighted by molar-refractivity contribution is -0.153. The molecular formula is C11H10F3NO3S. The van der Waals surface area contributed by atoms with Crippen LogP contribution in [0.2, 0.25) is 0 Å². The lowest BCUT2D eigenvalue weighted by atomic mass is 10.3. The first-order valence-corrected chi connectivity index (χ1v) is 5.96. The summed E-state index contributed by atoms with van der Waals surface area (Å²) in [6.45, 7) is -0.0134. The Balaban J connectivity index is 2.46. The van der Waals surface area contributed by atoms with Gasteiger partial charge in [-0.05, 0) is 23.1 Å². The molecule has 1 amide bonds. The van der Waals surface area contributed by atoms with Gasteiger partial charge in [-0.1, -0.05) is 0 Å². The standard InChI is InChI=1S/C11H10F3NO3S/c12-11(13,14)4-9(16)15-5-8-3-7(6-19-8)1-2-10(17)18/h1-3,6H,4-5H2,(H,15,16)(H,17,18). The van der Waals surface area contributed by atoms with Crippen LogP contribution in [-0.2, 0) is 16.1 Å². The Morgan fingerprint density at radius 3 is 2.68 bits per heavy atom. The highest BCUT2D eigenvalue weighted by atomic mass is 32.1. The Hall–Kier alpha value is -1.83. The summed E-state index contributed by atoms with van der Waals surface area (Å²) >= 11 is 1.22. The molecule has 1 rings (SSSR count). The topological polar surface area (TPSA) is 66.4 Å². The van der Waals surface area contributed by atoms with E-state index in [1.807, 2.05) is 0 Å². The van der Waals surface area contributed by atoms with Gasteiger partial charge in [0.25, 0.3) is 0 Å².